The maximum Gasteiger partial charge on any atom is 0.208 e. The predicted molar refractivity (Wildman–Crippen MR) is 72.3 cm³/mol. The van der Waals surface area contributed by atoms with Crippen LogP contribution < -0.4 is 5.32 Å². The van der Waals surface area contributed by atoms with E-state index in [0.717, 1.165) is 21.6 Å². The summed E-state index contributed by atoms with van der Waals surface area (Å²) in [6.45, 7) is 0. The smallest absolute Gasteiger partial charge is 0.208 e. The number of nitrogens with zero attached hydrogens (tertiary/aromatic N) is 2. The third-order valence-corrected chi connectivity index (χ3v) is 3.37. The molecule has 0 fully saturated rings. The monoisotopic (exact) mass is 260 g/mol. The summed E-state index contributed by atoms with van der Waals surface area (Å²) in [5.74, 6) is 0. The number of pyridine rings is 1. The van der Waals surface area contributed by atoms with Crippen molar-refractivity contribution in [2.75, 3.05) is 5.32 Å². The molecule has 4 nitrogen and oxygen atoms in total. The van der Waals surface area contributed by atoms with Gasteiger partial charge in [0, 0.05) is 23.5 Å². The minimum absolute atomic E-state index is 0.658. The molecule has 2 aromatic heterocycles. The first kappa shape index (κ1) is 10.4. The summed E-state index contributed by atoms with van der Waals surface area (Å²) in [6.07, 6.45) is 3.62. The van der Waals surface area contributed by atoms with Gasteiger partial charge in [0.15, 0.2) is 3.95 Å². The van der Waals surface area contributed by atoms with Gasteiger partial charge in [-0.15, -0.1) is 5.10 Å². The predicted octanol–water partition coefficient (Wildman–Crippen LogP) is 3.49. The quantitative estimate of drug-likeness (QED) is 0.692. The van der Waals surface area contributed by atoms with Crippen molar-refractivity contribution in [1.29, 1.82) is 0 Å². The van der Waals surface area contributed by atoms with Gasteiger partial charge in [0.1, 0.15) is 0 Å². The number of fused-ring (bicyclic) bond motifs is 1. The van der Waals surface area contributed by atoms with E-state index in [1.54, 1.807) is 6.20 Å². The number of benzene rings is 1. The first-order chi connectivity index (χ1) is 8.33. The number of H-pyrrole nitrogens is 1. The van der Waals surface area contributed by atoms with Crippen LogP contribution in [0.5, 0.6) is 0 Å². The van der Waals surface area contributed by atoms with Gasteiger partial charge in [-0.1, -0.05) is 23.5 Å². The molecule has 17 heavy (non-hydrogen) atoms. The second-order valence-electron chi connectivity index (χ2n) is 3.45. The van der Waals surface area contributed by atoms with Crippen LogP contribution in [0.3, 0.4) is 0 Å². The van der Waals surface area contributed by atoms with Gasteiger partial charge in [-0.25, -0.2) is 0 Å². The Morgan fingerprint density at radius 1 is 1.29 bits per heavy atom. The highest BCUT2D eigenvalue weighted by Gasteiger charge is 2.03. The van der Waals surface area contributed by atoms with Crippen LogP contribution in [0.4, 0.5) is 10.8 Å². The molecule has 0 aliphatic carbocycles. The fraction of sp³-hybridized carbons (Fsp3) is 0. The molecule has 0 saturated carbocycles. The molecule has 3 aromatic rings. The lowest BCUT2D eigenvalue weighted by Gasteiger charge is -2.05. The summed E-state index contributed by atoms with van der Waals surface area (Å²) < 4.78 is 0.658. The molecule has 3 rings (SSSR count). The zero-order chi connectivity index (χ0) is 11.7. The van der Waals surface area contributed by atoms with E-state index in [9.17, 15) is 0 Å². The van der Waals surface area contributed by atoms with Crippen molar-refractivity contribution in [2.24, 2.45) is 0 Å². The number of anilines is 2. The third-order valence-electron chi connectivity index (χ3n) is 2.36. The number of nitrogens with one attached hydrogen (secondary N) is 2. The Hall–Kier alpha value is -1.79. The largest absolute Gasteiger partial charge is 0.330 e. The van der Waals surface area contributed by atoms with Gasteiger partial charge in [0.2, 0.25) is 5.13 Å². The van der Waals surface area contributed by atoms with E-state index in [1.165, 1.54) is 11.3 Å². The van der Waals surface area contributed by atoms with Gasteiger partial charge < -0.3 is 5.32 Å². The Kier molecular flexibility index (Phi) is 2.58. The van der Waals surface area contributed by atoms with Crippen molar-refractivity contribution in [1.82, 2.24) is 15.2 Å². The molecule has 84 valence electrons. The number of hydrogen-bond donors (Lipinski definition) is 2. The summed E-state index contributed by atoms with van der Waals surface area (Å²) in [5.41, 5.74) is 0.980. The Bertz CT molecular complexity index is 711. The van der Waals surface area contributed by atoms with Gasteiger partial charge >= 0.3 is 0 Å². The fourth-order valence-electron chi connectivity index (χ4n) is 1.62. The molecule has 2 N–H and O–H groups in total. The Balaban J connectivity index is 2.08. The molecule has 0 atom stereocenters. The molecular weight excluding hydrogens is 252 g/mol. The van der Waals surface area contributed by atoms with E-state index >= 15 is 0 Å². The lowest BCUT2D eigenvalue weighted by Crippen LogP contribution is -1.91. The lowest BCUT2D eigenvalue weighted by molar-refractivity contribution is 1.08. The zero-order valence-corrected chi connectivity index (χ0v) is 10.3. The summed E-state index contributed by atoms with van der Waals surface area (Å²) in [7, 11) is 0. The molecule has 0 unspecified atom stereocenters. The molecule has 0 radical (unpaired) electrons. The number of rotatable bonds is 2. The van der Waals surface area contributed by atoms with Crippen molar-refractivity contribution in [3.05, 3.63) is 40.6 Å². The molecule has 2 heterocycles. The summed E-state index contributed by atoms with van der Waals surface area (Å²) >= 11 is 6.40. The highest BCUT2D eigenvalue weighted by atomic mass is 32.1. The number of aromatic amines is 1. The van der Waals surface area contributed by atoms with Crippen LogP contribution in [0, 0.1) is 3.95 Å². The van der Waals surface area contributed by atoms with Crippen molar-refractivity contribution in [2.45, 2.75) is 0 Å². The Morgan fingerprint density at radius 3 is 3.06 bits per heavy atom. The topological polar surface area (TPSA) is 53.6 Å². The molecule has 6 heteroatoms. The normalized spacial score (nSPS) is 10.6. The van der Waals surface area contributed by atoms with Gasteiger partial charge in [-0.05, 0) is 29.7 Å². The second kappa shape index (κ2) is 4.23. The average molecular weight is 260 g/mol. The number of aromatic nitrogens is 3. The third kappa shape index (κ3) is 2.04. The lowest BCUT2D eigenvalue weighted by atomic mass is 10.1. The Labute approximate surface area is 106 Å². The van der Waals surface area contributed by atoms with E-state index in [0.29, 0.717) is 3.95 Å². The minimum atomic E-state index is 0.658. The molecule has 0 bridgehead atoms. The summed E-state index contributed by atoms with van der Waals surface area (Å²) in [4.78, 5) is 4.13. The molecule has 1 aromatic carbocycles. The van der Waals surface area contributed by atoms with Crippen LogP contribution in [0.15, 0.2) is 36.7 Å². The van der Waals surface area contributed by atoms with Crippen molar-refractivity contribution in [3.63, 3.8) is 0 Å². The van der Waals surface area contributed by atoms with Gasteiger partial charge in [0.05, 0.1) is 0 Å². The average Bonchev–Trinajstić information content (AvgIpc) is 2.75. The number of hydrogen-bond acceptors (Lipinski definition) is 5. The molecular formula is C11H8N4S2. The highest BCUT2D eigenvalue weighted by Crippen LogP contribution is 2.26. The van der Waals surface area contributed by atoms with Crippen LogP contribution in [-0.4, -0.2) is 15.2 Å². The molecule has 0 spiro atoms. The summed E-state index contributed by atoms with van der Waals surface area (Å²) in [6, 6.07) is 8.02. The van der Waals surface area contributed by atoms with Crippen LogP contribution >= 0.6 is 23.6 Å². The van der Waals surface area contributed by atoms with E-state index in [1.807, 2.05) is 24.4 Å². The van der Waals surface area contributed by atoms with E-state index in [4.69, 9.17) is 12.2 Å². The highest BCUT2D eigenvalue weighted by molar-refractivity contribution is 7.73. The SMILES string of the molecule is S=c1[nH]nc(Nc2cccc3ccncc23)s1. The van der Waals surface area contributed by atoms with Gasteiger partial charge in [-0.3, -0.25) is 10.1 Å². The van der Waals surface area contributed by atoms with Crippen molar-refractivity contribution in [3.8, 4) is 0 Å². The maximum absolute atomic E-state index is 4.99. The van der Waals surface area contributed by atoms with Crippen LogP contribution in [-0.2, 0) is 0 Å². The first-order valence-corrected chi connectivity index (χ1v) is 6.21. The maximum atomic E-state index is 4.99. The molecule has 0 amide bonds. The fourth-order valence-corrected chi connectivity index (χ4v) is 2.42. The van der Waals surface area contributed by atoms with Gasteiger partial charge in [0.25, 0.3) is 0 Å². The van der Waals surface area contributed by atoms with Crippen LogP contribution in [0.2, 0.25) is 0 Å². The molecule has 0 saturated heterocycles. The summed E-state index contributed by atoms with van der Waals surface area (Å²) in [5, 5.41) is 13.0. The van der Waals surface area contributed by atoms with Crippen LogP contribution in [0.1, 0.15) is 0 Å². The standard InChI is InChI=1S/C11H8N4S2/c16-11-15-14-10(17-11)13-9-3-1-2-7-4-5-12-6-8(7)9/h1-6H,(H,13,14)(H,15,16). The van der Waals surface area contributed by atoms with Crippen LogP contribution in [0.25, 0.3) is 10.8 Å². The van der Waals surface area contributed by atoms with E-state index in [-0.39, 0.29) is 0 Å². The molecule has 0 aliphatic heterocycles. The first-order valence-electron chi connectivity index (χ1n) is 4.98. The van der Waals surface area contributed by atoms with Crippen molar-refractivity contribution < 1.29 is 0 Å². The van der Waals surface area contributed by atoms with Gasteiger partial charge in [-0.2, -0.15) is 0 Å². The second-order valence-corrected chi connectivity index (χ2v) is 5.11. The van der Waals surface area contributed by atoms with E-state index in [2.05, 4.69) is 26.6 Å². The van der Waals surface area contributed by atoms with E-state index < -0.39 is 0 Å². The molecule has 0 aliphatic rings. The van der Waals surface area contributed by atoms with Crippen molar-refractivity contribution >= 4 is 45.1 Å². The zero-order valence-electron chi connectivity index (χ0n) is 8.68. The minimum Gasteiger partial charge on any atom is -0.330 e. The Morgan fingerprint density at radius 2 is 2.24 bits per heavy atom.